The third kappa shape index (κ3) is 4.24. The van der Waals surface area contributed by atoms with Gasteiger partial charge >= 0.3 is 0 Å². The molecule has 1 fully saturated rings. The van der Waals surface area contributed by atoms with Gasteiger partial charge in [-0.15, -0.1) is 0 Å². The Kier molecular flexibility index (Phi) is 6.28. The zero-order valence-corrected chi connectivity index (χ0v) is 17.9. The second kappa shape index (κ2) is 8.73. The number of ether oxygens (including phenoxy) is 1. The fourth-order valence-corrected chi connectivity index (χ4v) is 3.29. The normalized spacial score (nSPS) is 16.0. The number of hydrogen-bond acceptors (Lipinski definition) is 6. The lowest BCUT2D eigenvalue weighted by molar-refractivity contribution is -0.121. The van der Waals surface area contributed by atoms with E-state index < -0.39 is 23.8 Å². The first-order valence-electron chi connectivity index (χ1n) is 9.27. The molecule has 1 atom stereocenters. The molecule has 0 spiro atoms. The Bertz CT molecular complexity index is 1010. The molecule has 9 heteroatoms. The van der Waals surface area contributed by atoms with Crippen LogP contribution in [0, 0.1) is 6.92 Å². The molecule has 0 aliphatic carbocycles. The molecule has 0 saturated carbocycles. The lowest BCUT2D eigenvalue weighted by atomic mass is 10.2. The fourth-order valence-electron chi connectivity index (χ4n) is 3.13. The lowest BCUT2D eigenvalue weighted by Gasteiger charge is -2.19. The van der Waals surface area contributed by atoms with Crippen molar-refractivity contribution in [2.45, 2.75) is 19.4 Å². The minimum atomic E-state index is -0.890. The van der Waals surface area contributed by atoms with Gasteiger partial charge in [-0.05, 0) is 36.8 Å². The van der Waals surface area contributed by atoms with Crippen LogP contribution in [-0.4, -0.2) is 45.0 Å². The van der Waals surface area contributed by atoms with Gasteiger partial charge in [0.15, 0.2) is 0 Å². The van der Waals surface area contributed by atoms with E-state index in [9.17, 15) is 14.4 Å². The number of nitrogens with one attached hydrogen (secondary N) is 2. The molecular weight excluding hydrogens is 408 g/mol. The summed E-state index contributed by atoms with van der Waals surface area (Å²) in [5.74, 6) is -0.974. The molecule has 1 aliphatic rings. The molecule has 3 amide bonds. The van der Waals surface area contributed by atoms with Gasteiger partial charge in [0.2, 0.25) is 5.91 Å². The fraction of sp³-hybridized carbons (Fsp3) is 0.286. The van der Waals surface area contributed by atoms with Gasteiger partial charge in [0.05, 0.1) is 19.2 Å². The number of hydrazine groups is 1. The Morgan fingerprint density at radius 2 is 1.97 bits per heavy atom. The Balaban J connectivity index is 1.74. The molecule has 0 unspecified atom stereocenters. The minimum absolute atomic E-state index is 0.0956. The SMILES string of the molecule is COc1cc(Cl)c(C)cc1N1C(=O)C[C@H](NNC(=O)c2cccc(N(C)C)c2)C1=O. The van der Waals surface area contributed by atoms with Crippen LogP contribution in [0.4, 0.5) is 11.4 Å². The maximum absolute atomic E-state index is 12.9. The number of nitrogens with zero attached hydrogens (tertiary/aromatic N) is 2. The van der Waals surface area contributed by atoms with E-state index in [0.29, 0.717) is 27.6 Å². The summed E-state index contributed by atoms with van der Waals surface area (Å²) >= 11 is 6.11. The van der Waals surface area contributed by atoms with E-state index in [4.69, 9.17) is 16.3 Å². The molecule has 1 aliphatic heterocycles. The number of amides is 3. The molecule has 0 bridgehead atoms. The van der Waals surface area contributed by atoms with Crippen molar-refractivity contribution < 1.29 is 19.1 Å². The average Bonchev–Trinajstić information content (AvgIpc) is 3.01. The second-order valence-corrected chi connectivity index (χ2v) is 7.55. The first-order chi connectivity index (χ1) is 14.2. The summed E-state index contributed by atoms with van der Waals surface area (Å²) in [6, 6.07) is 9.34. The zero-order chi connectivity index (χ0) is 22.0. The Labute approximate surface area is 179 Å². The number of halogens is 1. The van der Waals surface area contributed by atoms with Crippen LogP contribution in [0.25, 0.3) is 0 Å². The van der Waals surface area contributed by atoms with Crippen LogP contribution in [0.1, 0.15) is 22.3 Å². The van der Waals surface area contributed by atoms with Crippen LogP contribution in [0.3, 0.4) is 0 Å². The van der Waals surface area contributed by atoms with E-state index in [1.54, 1.807) is 37.3 Å². The van der Waals surface area contributed by atoms with Gasteiger partial charge in [-0.3, -0.25) is 19.8 Å². The summed E-state index contributed by atoms with van der Waals surface area (Å²) in [4.78, 5) is 40.8. The van der Waals surface area contributed by atoms with Crippen LogP contribution >= 0.6 is 11.6 Å². The van der Waals surface area contributed by atoms with Crippen LogP contribution in [0.2, 0.25) is 5.02 Å². The van der Waals surface area contributed by atoms with Crippen molar-refractivity contribution in [3.63, 3.8) is 0 Å². The van der Waals surface area contributed by atoms with E-state index in [1.807, 2.05) is 25.1 Å². The predicted octanol–water partition coefficient (Wildman–Crippen LogP) is 2.29. The Morgan fingerprint density at radius 1 is 1.23 bits per heavy atom. The summed E-state index contributed by atoms with van der Waals surface area (Å²) in [5.41, 5.74) is 7.52. The number of imide groups is 1. The molecule has 30 heavy (non-hydrogen) atoms. The molecule has 1 saturated heterocycles. The zero-order valence-electron chi connectivity index (χ0n) is 17.2. The summed E-state index contributed by atoms with van der Waals surface area (Å²) in [6.07, 6.45) is -0.0956. The molecule has 158 valence electrons. The van der Waals surface area contributed by atoms with Gasteiger partial charge in [0.25, 0.3) is 11.8 Å². The van der Waals surface area contributed by atoms with Gasteiger partial charge in [-0.25, -0.2) is 10.3 Å². The lowest BCUT2D eigenvalue weighted by Crippen LogP contribution is -2.48. The molecule has 0 aromatic heterocycles. The van der Waals surface area contributed by atoms with Crippen LogP contribution in [0.15, 0.2) is 36.4 Å². The van der Waals surface area contributed by atoms with E-state index >= 15 is 0 Å². The first-order valence-corrected chi connectivity index (χ1v) is 9.65. The van der Waals surface area contributed by atoms with Crippen LogP contribution in [-0.2, 0) is 9.59 Å². The topological polar surface area (TPSA) is 91.0 Å². The van der Waals surface area contributed by atoms with Crippen LogP contribution in [0.5, 0.6) is 5.75 Å². The van der Waals surface area contributed by atoms with Crippen molar-refractivity contribution in [2.75, 3.05) is 31.0 Å². The number of anilines is 2. The molecule has 0 radical (unpaired) electrons. The molecule has 8 nitrogen and oxygen atoms in total. The summed E-state index contributed by atoms with van der Waals surface area (Å²) in [5, 5.41) is 0.469. The van der Waals surface area contributed by atoms with Crippen molar-refractivity contribution in [3.05, 3.63) is 52.5 Å². The van der Waals surface area contributed by atoms with Gasteiger partial charge in [0.1, 0.15) is 11.8 Å². The standard InChI is InChI=1S/C21H23ClN4O4/c1-12-8-17(18(30-4)10-15(12)22)26-19(27)11-16(21(26)29)23-24-20(28)13-6-5-7-14(9-13)25(2)3/h5-10,16,23H,11H2,1-4H3,(H,24,28)/t16-/m0/s1. The maximum atomic E-state index is 12.9. The number of carbonyl (C=O) groups is 3. The quantitative estimate of drug-likeness (QED) is 0.539. The summed E-state index contributed by atoms with van der Waals surface area (Å²) in [6.45, 7) is 1.77. The van der Waals surface area contributed by atoms with Crippen LogP contribution < -0.4 is 25.4 Å². The Hall–Kier alpha value is -3.10. The van der Waals surface area contributed by atoms with Crippen molar-refractivity contribution in [1.82, 2.24) is 10.9 Å². The van der Waals surface area contributed by atoms with Gasteiger partial charge in [-0.1, -0.05) is 17.7 Å². The highest BCUT2D eigenvalue weighted by Crippen LogP contribution is 2.36. The van der Waals surface area contributed by atoms with E-state index in [-0.39, 0.29) is 6.42 Å². The Morgan fingerprint density at radius 3 is 2.63 bits per heavy atom. The van der Waals surface area contributed by atoms with E-state index in [2.05, 4.69) is 10.9 Å². The third-order valence-corrected chi connectivity index (χ3v) is 5.24. The van der Waals surface area contributed by atoms with E-state index in [0.717, 1.165) is 10.6 Å². The average molecular weight is 431 g/mol. The summed E-state index contributed by atoms with van der Waals surface area (Å²) in [7, 11) is 5.19. The summed E-state index contributed by atoms with van der Waals surface area (Å²) < 4.78 is 5.29. The molecule has 2 N–H and O–H groups in total. The number of benzene rings is 2. The highest BCUT2D eigenvalue weighted by atomic mass is 35.5. The number of rotatable bonds is 6. The number of carbonyl (C=O) groups excluding carboxylic acids is 3. The minimum Gasteiger partial charge on any atom is -0.495 e. The second-order valence-electron chi connectivity index (χ2n) is 7.14. The van der Waals surface area contributed by atoms with Gasteiger partial charge in [0, 0.05) is 36.4 Å². The van der Waals surface area contributed by atoms with Crippen molar-refractivity contribution in [2.24, 2.45) is 0 Å². The predicted molar refractivity (Wildman–Crippen MR) is 115 cm³/mol. The number of aryl methyl sites for hydroxylation is 1. The van der Waals surface area contributed by atoms with Gasteiger partial charge < -0.3 is 9.64 Å². The van der Waals surface area contributed by atoms with Crippen molar-refractivity contribution in [3.8, 4) is 5.75 Å². The van der Waals surface area contributed by atoms with E-state index in [1.165, 1.54) is 7.11 Å². The maximum Gasteiger partial charge on any atom is 0.265 e. The third-order valence-electron chi connectivity index (χ3n) is 4.83. The highest BCUT2D eigenvalue weighted by molar-refractivity contribution is 6.32. The van der Waals surface area contributed by atoms with Crippen molar-refractivity contribution >= 4 is 40.7 Å². The smallest absolute Gasteiger partial charge is 0.265 e. The first kappa shape index (κ1) is 21.6. The molecule has 3 rings (SSSR count). The largest absolute Gasteiger partial charge is 0.495 e. The monoisotopic (exact) mass is 430 g/mol. The molecule has 2 aromatic carbocycles. The molecule has 2 aromatic rings. The van der Waals surface area contributed by atoms with Crippen molar-refractivity contribution in [1.29, 1.82) is 0 Å². The number of hydrogen-bond donors (Lipinski definition) is 2. The molecular formula is C21H23ClN4O4. The number of methoxy groups -OCH3 is 1. The van der Waals surface area contributed by atoms with Gasteiger partial charge in [-0.2, -0.15) is 0 Å². The highest BCUT2D eigenvalue weighted by Gasteiger charge is 2.41. The molecule has 1 heterocycles.